The Morgan fingerprint density at radius 1 is 1.23 bits per heavy atom. The third-order valence-electron chi connectivity index (χ3n) is 6.16. The quantitative estimate of drug-likeness (QED) is 0.631. The van der Waals surface area contributed by atoms with Crippen molar-refractivity contribution in [3.05, 3.63) is 47.5 Å². The van der Waals surface area contributed by atoms with E-state index in [-0.39, 0.29) is 30.6 Å². The fraction of sp³-hybridized carbons (Fsp3) is 0.565. The third kappa shape index (κ3) is 4.55. The fourth-order valence-electron chi connectivity index (χ4n) is 4.19. The van der Waals surface area contributed by atoms with E-state index in [0.717, 1.165) is 19.2 Å². The molecule has 5 nitrogen and oxygen atoms in total. The van der Waals surface area contributed by atoms with E-state index in [4.69, 9.17) is 9.47 Å². The Hall–Kier alpha value is -2.19. The first-order valence-corrected chi connectivity index (χ1v) is 10.0. The molecule has 0 aliphatic heterocycles. The molecule has 0 aromatic heterocycles. The molecule has 0 spiro atoms. The molecule has 0 saturated carbocycles. The molecule has 1 aromatic rings. The van der Waals surface area contributed by atoms with E-state index in [1.165, 1.54) is 31.2 Å². The van der Waals surface area contributed by atoms with Crippen molar-refractivity contribution in [2.45, 2.75) is 70.4 Å². The molecule has 31 heavy (non-hydrogen) atoms. The molecule has 1 aliphatic carbocycles. The van der Waals surface area contributed by atoms with E-state index in [1.54, 1.807) is 20.8 Å². The molecule has 0 saturated heterocycles. The van der Waals surface area contributed by atoms with Crippen molar-refractivity contribution in [3.8, 4) is 0 Å². The van der Waals surface area contributed by atoms with E-state index in [0.29, 0.717) is 5.57 Å². The van der Waals surface area contributed by atoms with E-state index in [2.05, 4.69) is 0 Å². The van der Waals surface area contributed by atoms with Crippen molar-refractivity contribution in [2.24, 2.45) is 5.41 Å². The first-order chi connectivity index (χ1) is 14.2. The Morgan fingerprint density at radius 3 is 2.29 bits per heavy atom. The number of alkyl halides is 3. The summed E-state index contributed by atoms with van der Waals surface area (Å²) in [6.07, 6.45) is -4.25. The predicted octanol–water partition coefficient (Wildman–Crippen LogP) is 4.48. The highest BCUT2D eigenvalue weighted by Gasteiger charge is 2.64. The van der Waals surface area contributed by atoms with Crippen LogP contribution in [-0.2, 0) is 24.7 Å². The Bertz CT molecular complexity index is 847. The second-order valence-corrected chi connectivity index (χ2v) is 8.72. The number of ketones is 1. The summed E-state index contributed by atoms with van der Waals surface area (Å²) in [6.45, 7) is 6.62. The van der Waals surface area contributed by atoms with Gasteiger partial charge in [0.15, 0.2) is 5.78 Å². The molecule has 0 amide bonds. The highest BCUT2D eigenvalue weighted by molar-refractivity contribution is 5.92. The molecule has 0 unspecified atom stereocenters. The lowest BCUT2D eigenvalue weighted by Crippen LogP contribution is -2.52. The van der Waals surface area contributed by atoms with Crippen LogP contribution in [0.4, 0.5) is 13.2 Å². The van der Waals surface area contributed by atoms with Crippen LogP contribution in [-0.4, -0.2) is 41.9 Å². The largest absolute Gasteiger partial charge is 0.460 e. The van der Waals surface area contributed by atoms with Crippen LogP contribution in [0.15, 0.2) is 42.0 Å². The minimum absolute atomic E-state index is 0.0930. The summed E-state index contributed by atoms with van der Waals surface area (Å²) in [5.74, 6) is -1.66. The van der Waals surface area contributed by atoms with Crippen molar-refractivity contribution in [3.63, 3.8) is 0 Å². The molecular weight excluding hydrogens is 413 g/mol. The first kappa shape index (κ1) is 25.1. The van der Waals surface area contributed by atoms with E-state index < -0.39 is 34.9 Å². The maximum Gasteiger partial charge on any atom is 0.432 e. The molecule has 1 aliphatic rings. The van der Waals surface area contributed by atoms with Gasteiger partial charge in [0.05, 0.1) is 11.7 Å². The number of aliphatic hydroxyl groups is 1. The molecule has 1 N–H and O–H groups in total. The normalized spacial score (nSPS) is 24.2. The van der Waals surface area contributed by atoms with Crippen LogP contribution < -0.4 is 0 Å². The Morgan fingerprint density at radius 2 is 1.81 bits per heavy atom. The van der Waals surface area contributed by atoms with Gasteiger partial charge in [-0.1, -0.05) is 44.2 Å². The van der Waals surface area contributed by atoms with E-state index in [1.807, 2.05) is 0 Å². The number of carbonyl (C=O) groups excluding carboxylic acids is 2. The molecule has 8 heteroatoms. The molecule has 0 fully saturated rings. The summed E-state index contributed by atoms with van der Waals surface area (Å²) in [7, 11) is 0.810. The number of carbonyl (C=O) groups is 2. The summed E-state index contributed by atoms with van der Waals surface area (Å²) in [5, 5.41) is 11.2. The number of ether oxygens (including phenoxy) is 2. The van der Waals surface area contributed by atoms with Crippen LogP contribution in [0.1, 0.15) is 52.5 Å². The molecule has 0 heterocycles. The molecule has 0 radical (unpaired) electrons. The van der Waals surface area contributed by atoms with Gasteiger partial charge < -0.3 is 14.6 Å². The third-order valence-corrected chi connectivity index (χ3v) is 6.16. The minimum atomic E-state index is -5.05. The highest BCUT2D eigenvalue weighted by Crippen LogP contribution is 2.47. The summed E-state index contributed by atoms with van der Waals surface area (Å²) < 4.78 is 51.9. The zero-order valence-corrected chi connectivity index (χ0v) is 18.4. The van der Waals surface area contributed by atoms with E-state index in [9.17, 15) is 27.9 Å². The highest BCUT2D eigenvalue weighted by atomic mass is 19.4. The number of methoxy groups -OCH3 is 1. The topological polar surface area (TPSA) is 72.8 Å². The van der Waals surface area contributed by atoms with Crippen molar-refractivity contribution in [1.82, 2.24) is 0 Å². The van der Waals surface area contributed by atoms with Crippen LogP contribution >= 0.6 is 0 Å². The van der Waals surface area contributed by atoms with Crippen LogP contribution in [0.3, 0.4) is 0 Å². The molecule has 3 atom stereocenters. The zero-order chi connectivity index (χ0) is 23.7. The summed E-state index contributed by atoms with van der Waals surface area (Å²) in [6, 6.07) is 6.59. The lowest BCUT2D eigenvalue weighted by Gasteiger charge is -2.46. The monoisotopic (exact) mass is 442 g/mol. The number of hydrogen-bond donors (Lipinski definition) is 1. The van der Waals surface area contributed by atoms with Gasteiger partial charge in [0.1, 0.15) is 0 Å². The predicted molar refractivity (Wildman–Crippen MR) is 108 cm³/mol. The van der Waals surface area contributed by atoms with Gasteiger partial charge in [0.2, 0.25) is 0 Å². The lowest BCUT2D eigenvalue weighted by molar-refractivity contribution is -0.278. The Labute approximate surface area is 180 Å². The van der Waals surface area contributed by atoms with Crippen LogP contribution in [0.25, 0.3) is 0 Å². The van der Waals surface area contributed by atoms with Crippen LogP contribution in [0, 0.1) is 5.41 Å². The van der Waals surface area contributed by atoms with Gasteiger partial charge >= 0.3 is 12.1 Å². The number of esters is 1. The summed E-state index contributed by atoms with van der Waals surface area (Å²) >= 11 is 0. The van der Waals surface area contributed by atoms with Gasteiger partial charge in [-0.15, -0.1) is 0 Å². The SMILES string of the molecule is CO[C@](C(=O)O[C@@H](C)CC[C@@]1(O)C(C)=CC(=O)CC1(C)C)(c1ccccc1)C(F)(F)F. The lowest BCUT2D eigenvalue weighted by atomic mass is 9.63. The maximum absolute atomic E-state index is 14.0. The van der Waals surface area contributed by atoms with Gasteiger partial charge in [0.25, 0.3) is 5.60 Å². The maximum atomic E-state index is 14.0. The Balaban J connectivity index is 2.22. The Kier molecular flexibility index (Phi) is 7.07. The molecule has 1 aromatic carbocycles. The average Bonchev–Trinajstić information content (AvgIpc) is 2.65. The van der Waals surface area contributed by atoms with Gasteiger partial charge in [0, 0.05) is 24.5 Å². The smallest absolute Gasteiger partial charge is 0.432 e. The number of hydrogen-bond acceptors (Lipinski definition) is 5. The second-order valence-electron chi connectivity index (χ2n) is 8.72. The van der Waals surface area contributed by atoms with Crippen molar-refractivity contribution < 1.29 is 37.3 Å². The minimum Gasteiger partial charge on any atom is -0.460 e. The van der Waals surface area contributed by atoms with Gasteiger partial charge in [-0.25, -0.2) is 4.79 Å². The standard InChI is InChI=1S/C23H29F3O5/c1-15-13-18(27)14-20(3,4)21(15,29)12-11-16(2)31-19(28)22(30-5,23(24,25)26)17-9-7-6-8-10-17/h6-10,13,16,29H,11-12,14H2,1-5H3/t16-,21+,22-/m0/s1. The zero-order valence-electron chi connectivity index (χ0n) is 18.4. The van der Waals surface area contributed by atoms with Crippen LogP contribution in [0.5, 0.6) is 0 Å². The molecule has 2 rings (SSSR count). The fourth-order valence-corrected chi connectivity index (χ4v) is 4.19. The number of benzene rings is 1. The van der Waals surface area contributed by atoms with Crippen molar-refractivity contribution in [2.75, 3.05) is 7.11 Å². The summed E-state index contributed by atoms with van der Waals surface area (Å²) in [5.41, 5.74) is -5.27. The summed E-state index contributed by atoms with van der Waals surface area (Å²) in [4.78, 5) is 24.6. The number of allylic oxidation sites excluding steroid dienone is 1. The average molecular weight is 442 g/mol. The first-order valence-electron chi connectivity index (χ1n) is 10.0. The van der Waals surface area contributed by atoms with E-state index >= 15 is 0 Å². The van der Waals surface area contributed by atoms with Gasteiger partial charge in [-0.3, -0.25) is 4.79 Å². The van der Waals surface area contributed by atoms with Gasteiger partial charge in [-0.05, 0) is 38.3 Å². The molecular formula is C23H29F3O5. The molecule has 172 valence electrons. The second kappa shape index (κ2) is 8.74. The number of rotatable bonds is 7. The van der Waals surface area contributed by atoms with Crippen LogP contribution in [0.2, 0.25) is 0 Å². The number of halogens is 3. The van der Waals surface area contributed by atoms with Crippen molar-refractivity contribution in [1.29, 1.82) is 0 Å². The van der Waals surface area contributed by atoms with Gasteiger partial charge in [-0.2, -0.15) is 13.2 Å². The molecule has 0 bridgehead atoms. The van der Waals surface area contributed by atoms with Crippen molar-refractivity contribution >= 4 is 11.8 Å².